The normalized spacial score (nSPS) is 21.9. The number of fused-ring (bicyclic) bond motifs is 4. The number of aliphatic hydroxyl groups is 2. The molecule has 4 aromatic carbocycles. The van der Waals surface area contributed by atoms with Crippen molar-refractivity contribution in [2.45, 2.75) is 113 Å². The van der Waals surface area contributed by atoms with Gasteiger partial charge in [-0.2, -0.15) is 0 Å². The van der Waals surface area contributed by atoms with Crippen LogP contribution in [0.2, 0.25) is 10.0 Å². The van der Waals surface area contributed by atoms with E-state index in [1.54, 1.807) is 0 Å². The van der Waals surface area contributed by atoms with Gasteiger partial charge in [-0.3, -0.25) is 15.4 Å². The van der Waals surface area contributed by atoms with Crippen LogP contribution in [0.3, 0.4) is 0 Å². The Morgan fingerprint density at radius 3 is 1.43 bits per heavy atom. The van der Waals surface area contributed by atoms with Crippen molar-refractivity contribution in [3.05, 3.63) is 116 Å². The van der Waals surface area contributed by atoms with Crippen molar-refractivity contribution < 1.29 is 15.0 Å². The number of hydrogen-bond acceptors (Lipinski definition) is 7. The number of nitrogens with one attached hydrogen (secondary N) is 6. The molecule has 2 aliphatic heterocycles. The number of halogens is 2. The second-order valence-electron chi connectivity index (χ2n) is 17.8. The Hall–Kier alpha value is -4.03. The van der Waals surface area contributed by atoms with Gasteiger partial charge < -0.3 is 30.8 Å². The number of Topliss-reactive ketones (excluding diaryl/α,β-unsaturated/α-hetero) is 1. The number of carbonyl (C=O) groups excluding carboxylic acids is 1. The van der Waals surface area contributed by atoms with Gasteiger partial charge in [0.15, 0.2) is 5.78 Å². The van der Waals surface area contributed by atoms with Crippen LogP contribution in [-0.4, -0.2) is 51.3 Å². The minimum absolute atomic E-state index is 0.00602. The van der Waals surface area contributed by atoms with E-state index in [0.29, 0.717) is 23.1 Å². The van der Waals surface area contributed by atoms with Crippen LogP contribution < -0.4 is 21.3 Å². The molecule has 2 saturated carbocycles. The van der Waals surface area contributed by atoms with E-state index >= 15 is 4.79 Å². The minimum Gasteiger partial charge on any atom is -0.388 e. The maximum atomic E-state index is 15.1. The highest BCUT2D eigenvalue weighted by atomic mass is 35.5. The molecule has 10 rings (SSSR count). The highest BCUT2D eigenvalue weighted by molar-refractivity contribution is 6.32. The van der Waals surface area contributed by atoms with Crippen molar-refractivity contribution in [1.29, 1.82) is 0 Å². The largest absolute Gasteiger partial charge is 0.388 e. The molecule has 2 aromatic heterocycles. The molecule has 6 aromatic rings. The predicted octanol–water partition coefficient (Wildman–Crippen LogP) is 9.76. The molecular formula is C49H54Cl2N6O3. The zero-order chi connectivity index (χ0) is 41.3. The Labute approximate surface area is 361 Å². The van der Waals surface area contributed by atoms with E-state index in [9.17, 15) is 10.2 Å². The Morgan fingerprint density at radius 1 is 0.617 bits per heavy atom. The zero-order valence-corrected chi connectivity index (χ0v) is 35.8. The molecule has 0 spiro atoms. The number of aromatic nitrogens is 2. The first-order valence-corrected chi connectivity index (χ1v) is 22.5. The molecular weight excluding hydrogens is 791 g/mol. The summed E-state index contributed by atoms with van der Waals surface area (Å²) in [4.78, 5) is 22.4. The number of hydrogen-bond donors (Lipinski definition) is 8. The average molecular weight is 846 g/mol. The van der Waals surface area contributed by atoms with E-state index in [4.69, 9.17) is 23.2 Å². The summed E-state index contributed by atoms with van der Waals surface area (Å²) in [5, 5.41) is 40.6. The van der Waals surface area contributed by atoms with Gasteiger partial charge in [-0.05, 0) is 122 Å². The molecule has 4 aliphatic rings. The lowest BCUT2D eigenvalue weighted by Gasteiger charge is -2.39. The first kappa shape index (κ1) is 40.1. The second-order valence-corrected chi connectivity index (χ2v) is 18.7. The molecule has 312 valence electrons. The monoisotopic (exact) mass is 844 g/mol. The van der Waals surface area contributed by atoms with E-state index in [2.05, 4.69) is 79.8 Å². The smallest absolute Gasteiger partial charge is 0.175 e. The van der Waals surface area contributed by atoms with Gasteiger partial charge >= 0.3 is 0 Å². The van der Waals surface area contributed by atoms with Crippen molar-refractivity contribution >= 4 is 50.8 Å². The fourth-order valence-electron chi connectivity index (χ4n) is 11.4. The van der Waals surface area contributed by atoms with Gasteiger partial charge in [0, 0.05) is 67.5 Å². The summed E-state index contributed by atoms with van der Waals surface area (Å²) in [7, 11) is 3.86. The van der Waals surface area contributed by atoms with Crippen molar-refractivity contribution in [1.82, 2.24) is 31.2 Å². The van der Waals surface area contributed by atoms with Gasteiger partial charge in [0.05, 0.1) is 35.4 Å². The third kappa shape index (κ3) is 6.73. The summed E-state index contributed by atoms with van der Waals surface area (Å²) in [6, 6.07) is 23.4. The van der Waals surface area contributed by atoms with Crippen LogP contribution in [0.1, 0.15) is 122 Å². The maximum Gasteiger partial charge on any atom is 0.175 e. The predicted molar refractivity (Wildman–Crippen MR) is 241 cm³/mol. The number of benzene rings is 4. The van der Waals surface area contributed by atoms with Gasteiger partial charge in [-0.15, -0.1) is 0 Å². The van der Waals surface area contributed by atoms with E-state index in [1.807, 2.05) is 38.4 Å². The van der Waals surface area contributed by atoms with E-state index in [0.717, 1.165) is 142 Å². The fourth-order valence-corrected chi connectivity index (χ4v) is 11.8. The van der Waals surface area contributed by atoms with E-state index in [-0.39, 0.29) is 17.9 Å². The molecule has 0 bridgehead atoms. The van der Waals surface area contributed by atoms with Gasteiger partial charge in [0.25, 0.3) is 0 Å². The topological polar surface area (TPSA) is 137 Å². The van der Waals surface area contributed by atoms with Crippen molar-refractivity contribution in [2.75, 3.05) is 14.1 Å². The van der Waals surface area contributed by atoms with Crippen molar-refractivity contribution in [3.63, 3.8) is 0 Å². The van der Waals surface area contributed by atoms with Crippen LogP contribution in [0.4, 0.5) is 0 Å². The highest BCUT2D eigenvalue weighted by Gasteiger charge is 2.42. The van der Waals surface area contributed by atoms with Crippen molar-refractivity contribution in [2.24, 2.45) is 0 Å². The van der Waals surface area contributed by atoms with E-state index < -0.39 is 23.3 Å². The Balaban J connectivity index is 0.983. The molecule has 0 radical (unpaired) electrons. The zero-order valence-electron chi connectivity index (χ0n) is 34.3. The molecule has 60 heavy (non-hydrogen) atoms. The van der Waals surface area contributed by atoms with Crippen LogP contribution in [-0.2, 0) is 17.9 Å². The van der Waals surface area contributed by atoms with Crippen LogP contribution in [0.25, 0.3) is 44.3 Å². The van der Waals surface area contributed by atoms with E-state index in [1.165, 1.54) is 0 Å². The molecule has 0 amide bonds. The molecule has 8 N–H and O–H groups in total. The molecule has 11 heteroatoms. The van der Waals surface area contributed by atoms with Gasteiger partial charge in [0.1, 0.15) is 0 Å². The van der Waals surface area contributed by atoms with Crippen LogP contribution in [0.5, 0.6) is 0 Å². The molecule has 4 unspecified atom stereocenters. The molecule has 4 heterocycles. The fraction of sp³-hybridized carbons (Fsp3) is 0.408. The Bertz CT molecular complexity index is 2440. The number of carbonyl (C=O) groups is 1. The summed E-state index contributed by atoms with van der Waals surface area (Å²) in [6.07, 6.45) is 9.60. The summed E-state index contributed by atoms with van der Waals surface area (Å²) >= 11 is 13.8. The Morgan fingerprint density at radius 2 is 1.03 bits per heavy atom. The third-order valence-electron chi connectivity index (χ3n) is 14.3. The molecule has 2 fully saturated rings. The van der Waals surface area contributed by atoms with Crippen LogP contribution in [0, 0.1) is 0 Å². The lowest BCUT2D eigenvalue weighted by atomic mass is 9.77. The first-order chi connectivity index (χ1) is 29.1. The van der Waals surface area contributed by atoms with Crippen LogP contribution >= 0.6 is 23.2 Å². The molecule has 2 aliphatic carbocycles. The molecule has 9 nitrogen and oxygen atoms in total. The lowest BCUT2D eigenvalue weighted by Crippen LogP contribution is -2.44. The SMILES string of the molecule is CNC(c1ccc2[nH]c(-c3ccc(Cl)c4c3C(C(=O)C3NCc5c(Cl)ccc(-c6cc7cc(C(NC)C8(O)CCCCC8)ccc7[nH]6)c53)NC4)cc2c1)C1(O)CCCCC1. The third-order valence-corrected chi connectivity index (χ3v) is 15.0. The number of rotatable bonds is 10. The summed E-state index contributed by atoms with van der Waals surface area (Å²) in [5.41, 5.74) is 9.85. The maximum absolute atomic E-state index is 15.1. The molecule has 4 atom stereocenters. The van der Waals surface area contributed by atoms with Gasteiger partial charge in [-0.25, -0.2) is 0 Å². The first-order valence-electron chi connectivity index (χ1n) is 21.8. The summed E-state index contributed by atoms with van der Waals surface area (Å²) < 4.78 is 0. The van der Waals surface area contributed by atoms with Crippen molar-refractivity contribution in [3.8, 4) is 22.5 Å². The quantitative estimate of drug-likeness (QED) is 0.0688. The standard InChI is InChI=1S/C49H54Cl2N6O3/c1-52-46(48(59)17-5-3-6-18-48)27-9-15-37-29(21-27)23-39(56-37)31-11-13-35(50)33-25-54-43(41(31)33)45(58)44-42-32(12-14-36(51)34(42)26-55-44)40-24-30-22-28(10-16-38(30)57-40)47(53-2)49(60)19-7-4-8-20-49/h9-16,21-24,43-44,46-47,52-57,59-60H,3-8,17-20,25-26H2,1-2H3. The summed E-state index contributed by atoms with van der Waals surface area (Å²) in [5.74, 6) is 0.00602. The lowest BCUT2D eigenvalue weighted by molar-refractivity contribution is -0.123. The number of likely N-dealkylation sites (N-methyl/N-ethyl adjacent to an activating group) is 2. The van der Waals surface area contributed by atoms with Gasteiger partial charge in [-0.1, -0.05) is 86.0 Å². The molecule has 0 saturated heterocycles. The number of ketones is 1. The van der Waals surface area contributed by atoms with Gasteiger partial charge in [0.2, 0.25) is 0 Å². The highest BCUT2D eigenvalue weighted by Crippen LogP contribution is 2.47. The second kappa shape index (κ2) is 15.7. The minimum atomic E-state index is -0.778. The number of aromatic amines is 2. The summed E-state index contributed by atoms with van der Waals surface area (Å²) in [6.45, 7) is 0.945. The number of H-pyrrole nitrogens is 2. The van der Waals surface area contributed by atoms with Crippen LogP contribution in [0.15, 0.2) is 72.8 Å². The average Bonchev–Trinajstić information content (AvgIpc) is 4.07. The Kier molecular flexibility index (Phi) is 10.5.